The molecule has 1 aliphatic heterocycles. The van der Waals surface area contributed by atoms with Crippen LogP contribution < -0.4 is 9.80 Å². The fourth-order valence-corrected chi connectivity index (χ4v) is 3.52. The van der Waals surface area contributed by atoms with Crippen molar-refractivity contribution in [2.75, 3.05) is 36.5 Å². The van der Waals surface area contributed by atoms with Crippen LogP contribution in [0.1, 0.15) is 37.6 Å². The molecule has 0 amide bonds. The maximum Gasteiger partial charge on any atom is 0.206 e. The summed E-state index contributed by atoms with van der Waals surface area (Å²) in [5, 5.41) is 4.54. The first-order chi connectivity index (χ1) is 12.0. The Kier molecular flexibility index (Phi) is 4.94. The lowest BCUT2D eigenvalue weighted by molar-refractivity contribution is -0.00543. The number of anilines is 2. The molecule has 0 bridgehead atoms. The third kappa shape index (κ3) is 3.20. The zero-order valence-corrected chi connectivity index (χ0v) is 15.1. The molecule has 1 aromatic carbocycles. The van der Waals surface area contributed by atoms with Gasteiger partial charge in [0.15, 0.2) is 17.9 Å². The maximum absolute atomic E-state index is 15.2. The number of nitrogens with zero attached hydrogens (tertiary/aromatic N) is 3. The molecule has 7 heteroatoms. The number of carbonyl (C=O) groups is 1. The lowest BCUT2D eigenvalue weighted by Crippen LogP contribution is -2.46. The van der Waals surface area contributed by atoms with Crippen LogP contribution in [0.3, 0.4) is 0 Å². The Morgan fingerprint density at radius 3 is 2.68 bits per heavy atom. The van der Waals surface area contributed by atoms with Crippen molar-refractivity contribution in [3.63, 3.8) is 0 Å². The molecule has 3 rings (SSSR count). The molecule has 1 aromatic heterocycles. The van der Waals surface area contributed by atoms with Crippen molar-refractivity contribution in [3.05, 3.63) is 17.4 Å². The second-order valence-corrected chi connectivity index (χ2v) is 6.71. The normalized spacial score (nSPS) is 20.9. The summed E-state index contributed by atoms with van der Waals surface area (Å²) in [5.74, 6) is 0.0127. The molecule has 6 nitrogen and oxygen atoms in total. The van der Waals surface area contributed by atoms with Crippen molar-refractivity contribution in [2.45, 2.75) is 39.4 Å². The van der Waals surface area contributed by atoms with Crippen LogP contribution in [-0.2, 0) is 4.74 Å². The summed E-state index contributed by atoms with van der Waals surface area (Å²) in [7, 11) is 1.87. The lowest BCUT2D eigenvalue weighted by atomic mass is 10.1. The first-order valence-corrected chi connectivity index (χ1v) is 8.64. The standard InChI is InChI=1S/C18H24FN3O3/c1-5-6-21(4)18-14-7-13(10-23)16(15(19)17(14)25-20-18)22-8-11(2)24-12(3)9-22/h7,10-12H,5-6,8-9H2,1-4H3. The van der Waals surface area contributed by atoms with E-state index in [2.05, 4.69) is 12.1 Å². The van der Waals surface area contributed by atoms with Crippen LogP contribution in [0.15, 0.2) is 10.6 Å². The van der Waals surface area contributed by atoms with Gasteiger partial charge in [-0.2, -0.15) is 0 Å². The fraction of sp³-hybridized carbons (Fsp3) is 0.556. The highest BCUT2D eigenvalue weighted by atomic mass is 19.1. The zero-order valence-electron chi connectivity index (χ0n) is 15.1. The minimum atomic E-state index is -0.537. The highest BCUT2D eigenvalue weighted by molar-refractivity contribution is 5.99. The first kappa shape index (κ1) is 17.7. The fourth-order valence-electron chi connectivity index (χ4n) is 3.52. The Morgan fingerprint density at radius 1 is 1.40 bits per heavy atom. The van der Waals surface area contributed by atoms with Crippen LogP contribution in [0, 0.1) is 5.82 Å². The Balaban J connectivity index is 2.11. The molecule has 2 aromatic rings. The van der Waals surface area contributed by atoms with Crippen molar-refractivity contribution in [1.29, 1.82) is 0 Å². The molecule has 136 valence electrons. The molecule has 2 atom stereocenters. The average Bonchev–Trinajstić information content (AvgIpc) is 2.98. The van der Waals surface area contributed by atoms with Crippen molar-refractivity contribution < 1.29 is 18.4 Å². The third-order valence-electron chi connectivity index (χ3n) is 4.47. The summed E-state index contributed by atoms with van der Waals surface area (Å²) in [6, 6.07) is 1.67. The second kappa shape index (κ2) is 7.00. The number of fused-ring (bicyclic) bond motifs is 1. The smallest absolute Gasteiger partial charge is 0.206 e. The van der Waals surface area contributed by atoms with Gasteiger partial charge >= 0.3 is 0 Å². The van der Waals surface area contributed by atoms with Gasteiger partial charge in [0.25, 0.3) is 0 Å². The molecule has 1 saturated heterocycles. The van der Waals surface area contributed by atoms with E-state index in [1.54, 1.807) is 6.07 Å². The number of ether oxygens (including phenoxy) is 1. The number of halogens is 1. The predicted molar refractivity (Wildman–Crippen MR) is 95.1 cm³/mol. The van der Waals surface area contributed by atoms with Crippen molar-refractivity contribution in [3.8, 4) is 0 Å². The van der Waals surface area contributed by atoms with Crippen molar-refractivity contribution in [1.82, 2.24) is 5.16 Å². The van der Waals surface area contributed by atoms with Gasteiger partial charge in [0, 0.05) is 32.2 Å². The van der Waals surface area contributed by atoms with E-state index in [-0.39, 0.29) is 23.5 Å². The average molecular weight is 349 g/mol. The van der Waals surface area contributed by atoms with Crippen molar-refractivity contribution in [2.24, 2.45) is 0 Å². The first-order valence-electron chi connectivity index (χ1n) is 8.64. The molecule has 2 heterocycles. The number of benzene rings is 1. The maximum atomic E-state index is 15.2. The number of aldehydes is 1. The van der Waals surface area contributed by atoms with E-state index in [0.29, 0.717) is 36.1 Å². The van der Waals surface area contributed by atoms with Gasteiger partial charge in [-0.1, -0.05) is 12.1 Å². The van der Waals surface area contributed by atoms with Gasteiger partial charge in [0.05, 0.1) is 23.3 Å². The quantitative estimate of drug-likeness (QED) is 0.773. The Bertz CT molecular complexity index is 767. The minimum absolute atomic E-state index is 0.0423. The van der Waals surface area contributed by atoms with Gasteiger partial charge in [-0.3, -0.25) is 4.79 Å². The third-order valence-corrected chi connectivity index (χ3v) is 4.47. The van der Waals surface area contributed by atoms with Crippen molar-refractivity contribution >= 4 is 28.8 Å². The minimum Gasteiger partial charge on any atom is -0.372 e. The van der Waals surface area contributed by atoms with Gasteiger partial charge < -0.3 is 19.1 Å². The number of hydrogen-bond donors (Lipinski definition) is 0. The van der Waals surface area contributed by atoms with Gasteiger partial charge in [0.1, 0.15) is 0 Å². The molecule has 0 radical (unpaired) electrons. The molecule has 0 spiro atoms. The highest BCUT2D eigenvalue weighted by Gasteiger charge is 2.29. The lowest BCUT2D eigenvalue weighted by Gasteiger charge is -2.37. The molecule has 2 unspecified atom stereocenters. The van der Waals surface area contributed by atoms with Crippen LogP contribution in [0.25, 0.3) is 11.0 Å². The van der Waals surface area contributed by atoms with Gasteiger partial charge in [-0.15, -0.1) is 0 Å². The van der Waals surface area contributed by atoms with E-state index in [1.807, 2.05) is 30.7 Å². The summed E-state index contributed by atoms with van der Waals surface area (Å²) < 4.78 is 26.2. The van der Waals surface area contributed by atoms with E-state index in [4.69, 9.17) is 9.26 Å². The Hall–Kier alpha value is -2.15. The zero-order chi connectivity index (χ0) is 18.1. The molecular weight excluding hydrogens is 325 g/mol. The summed E-state index contributed by atoms with van der Waals surface area (Å²) in [6.45, 7) is 7.72. The van der Waals surface area contributed by atoms with E-state index in [1.165, 1.54) is 0 Å². The van der Waals surface area contributed by atoms with Crippen LogP contribution >= 0.6 is 0 Å². The van der Waals surface area contributed by atoms with E-state index < -0.39 is 5.82 Å². The SMILES string of the molecule is CCCN(C)c1noc2c(F)c(N3CC(C)OC(C)C3)c(C=O)cc12. The Morgan fingerprint density at radius 2 is 2.08 bits per heavy atom. The molecular formula is C18H24FN3O3. The second-order valence-electron chi connectivity index (χ2n) is 6.71. The molecule has 1 aliphatic rings. The van der Waals surface area contributed by atoms with Crippen LogP contribution in [-0.4, -0.2) is 50.3 Å². The summed E-state index contributed by atoms with van der Waals surface area (Å²) >= 11 is 0. The van der Waals surface area contributed by atoms with Gasteiger partial charge in [-0.05, 0) is 26.3 Å². The summed E-state index contributed by atoms with van der Waals surface area (Å²) in [6.07, 6.45) is 1.54. The molecule has 0 saturated carbocycles. The number of carbonyl (C=O) groups excluding carboxylic acids is 1. The van der Waals surface area contributed by atoms with E-state index in [0.717, 1.165) is 13.0 Å². The topological polar surface area (TPSA) is 58.8 Å². The van der Waals surface area contributed by atoms with Gasteiger partial charge in [0.2, 0.25) is 5.58 Å². The number of aromatic nitrogens is 1. The number of hydrogen-bond acceptors (Lipinski definition) is 6. The molecule has 1 fully saturated rings. The Labute approximate surface area is 146 Å². The highest BCUT2D eigenvalue weighted by Crippen LogP contribution is 2.36. The molecule has 0 N–H and O–H groups in total. The monoisotopic (exact) mass is 349 g/mol. The predicted octanol–water partition coefficient (Wildman–Crippen LogP) is 3.24. The number of rotatable bonds is 5. The van der Waals surface area contributed by atoms with Crippen LogP contribution in [0.4, 0.5) is 15.9 Å². The van der Waals surface area contributed by atoms with E-state index in [9.17, 15) is 4.79 Å². The van der Waals surface area contributed by atoms with E-state index >= 15 is 4.39 Å². The summed E-state index contributed by atoms with van der Waals surface area (Å²) in [4.78, 5) is 15.4. The molecule has 0 aliphatic carbocycles. The number of morpholine rings is 1. The van der Waals surface area contributed by atoms with Gasteiger partial charge in [-0.25, -0.2) is 4.39 Å². The largest absolute Gasteiger partial charge is 0.372 e. The summed E-state index contributed by atoms with van der Waals surface area (Å²) in [5.41, 5.74) is 0.663. The molecule has 25 heavy (non-hydrogen) atoms. The van der Waals surface area contributed by atoms with Crippen LogP contribution in [0.2, 0.25) is 0 Å². The van der Waals surface area contributed by atoms with Crippen LogP contribution in [0.5, 0.6) is 0 Å².